The number of para-hydroxylation sites is 2. The summed E-state index contributed by atoms with van der Waals surface area (Å²) in [4.78, 5) is 9.66. The molecule has 5 rings (SSSR count). The number of aryl methyl sites for hydroxylation is 1. The van der Waals surface area contributed by atoms with Crippen LogP contribution in [0, 0.1) is 6.92 Å². The van der Waals surface area contributed by atoms with Gasteiger partial charge in [0.1, 0.15) is 0 Å². The predicted molar refractivity (Wildman–Crippen MR) is 170 cm³/mol. The Balaban J connectivity index is 0.000000181. The highest BCUT2D eigenvalue weighted by atomic mass is 32.2. The van der Waals surface area contributed by atoms with E-state index < -0.39 is 0 Å². The Hall–Kier alpha value is -3.05. The highest BCUT2D eigenvalue weighted by Crippen LogP contribution is 2.47. The fraction of sp³-hybridized carbons (Fsp3) is 0.314. The molecular formula is C35H43N3S. The van der Waals surface area contributed by atoms with Crippen molar-refractivity contribution in [3.63, 3.8) is 0 Å². The first-order valence-corrected chi connectivity index (χ1v) is 14.7. The maximum atomic E-state index is 2.45. The fourth-order valence-corrected chi connectivity index (χ4v) is 5.90. The van der Waals surface area contributed by atoms with Crippen molar-refractivity contribution >= 4 is 23.1 Å². The highest BCUT2D eigenvalue weighted by Gasteiger charge is 2.24. The van der Waals surface area contributed by atoms with Crippen LogP contribution < -0.4 is 4.90 Å². The molecule has 3 nitrogen and oxygen atoms in total. The molecule has 0 amide bonds. The summed E-state index contributed by atoms with van der Waals surface area (Å²) in [5.74, 6) is 0.490. The zero-order chi connectivity index (χ0) is 27.8. The van der Waals surface area contributed by atoms with Crippen molar-refractivity contribution in [1.82, 2.24) is 9.80 Å². The van der Waals surface area contributed by atoms with Crippen molar-refractivity contribution in [2.24, 2.45) is 0 Å². The van der Waals surface area contributed by atoms with Crippen LogP contribution in [-0.4, -0.2) is 57.1 Å². The molecule has 0 aliphatic carbocycles. The number of hydrogen-bond donors (Lipinski definition) is 0. The minimum atomic E-state index is 0.490. The van der Waals surface area contributed by atoms with Gasteiger partial charge in [0.2, 0.25) is 0 Å². The van der Waals surface area contributed by atoms with E-state index in [0.29, 0.717) is 12.0 Å². The van der Waals surface area contributed by atoms with Crippen LogP contribution in [0.15, 0.2) is 113 Å². The third-order valence-corrected chi connectivity index (χ3v) is 8.54. The van der Waals surface area contributed by atoms with Gasteiger partial charge in [0.15, 0.2) is 0 Å². The van der Waals surface area contributed by atoms with Gasteiger partial charge in [-0.1, -0.05) is 96.2 Å². The third kappa shape index (κ3) is 7.76. The lowest BCUT2D eigenvalue weighted by Gasteiger charge is -2.36. The normalized spacial score (nSPS) is 13.8. The number of likely N-dealkylation sites (N-methyl/N-ethyl adjacent to an activating group) is 1. The lowest BCUT2D eigenvalue weighted by molar-refractivity contribution is 0.319. The molecule has 1 heterocycles. The summed E-state index contributed by atoms with van der Waals surface area (Å²) in [6.45, 7) is 6.52. The van der Waals surface area contributed by atoms with Crippen LogP contribution >= 0.6 is 11.8 Å². The van der Waals surface area contributed by atoms with Crippen LogP contribution in [0.4, 0.5) is 11.4 Å². The molecule has 0 saturated carbocycles. The Morgan fingerprint density at radius 1 is 0.667 bits per heavy atom. The SMILES string of the molecule is CC(CN1c2ccccc2Sc2ccccc21)N(C)C.Cc1ccc(C(CCN(C)C)c2ccccc2)cc1. The van der Waals surface area contributed by atoms with E-state index in [9.17, 15) is 0 Å². The van der Waals surface area contributed by atoms with Gasteiger partial charge in [0.05, 0.1) is 11.4 Å². The van der Waals surface area contributed by atoms with Crippen LogP contribution in [0.25, 0.3) is 0 Å². The molecule has 1 aliphatic heterocycles. The summed E-state index contributed by atoms with van der Waals surface area (Å²) < 4.78 is 0. The molecular weight excluding hydrogens is 494 g/mol. The molecule has 0 N–H and O–H groups in total. The maximum absolute atomic E-state index is 2.45. The van der Waals surface area contributed by atoms with Crippen molar-refractivity contribution in [2.45, 2.75) is 42.0 Å². The van der Waals surface area contributed by atoms with Crippen LogP contribution in [0.1, 0.15) is 36.0 Å². The van der Waals surface area contributed by atoms with Gasteiger partial charge in [-0.15, -0.1) is 0 Å². The van der Waals surface area contributed by atoms with Gasteiger partial charge >= 0.3 is 0 Å². The van der Waals surface area contributed by atoms with E-state index in [1.54, 1.807) is 0 Å². The standard InChI is InChI=1S/C18H23N.C17H20N2S/c1-15-9-11-17(12-10-15)18(13-14-19(2)3)16-7-5-4-6-8-16;1-13(18(2)3)12-19-14-8-4-6-10-16(14)20-17-11-7-5-9-15(17)19/h4-12,18H,13-14H2,1-3H3;4-11,13H,12H2,1-3H3. The van der Waals surface area contributed by atoms with Crippen molar-refractivity contribution in [3.05, 3.63) is 120 Å². The summed E-state index contributed by atoms with van der Waals surface area (Å²) in [5, 5.41) is 0. The molecule has 4 heteroatoms. The van der Waals surface area contributed by atoms with Crippen molar-refractivity contribution in [3.8, 4) is 0 Å². The topological polar surface area (TPSA) is 9.72 Å². The molecule has 1 aliphatic rings. The van der Waals surface area contributed by atoms with E-state index in [0.717, 1.165) is 19.5 Å². The minimum absolute atomic E-state index is 0.490. The van der Waals surface area contributed by atoms with Gasteiger partial charge in [0, 0.05) is 28.3 Å². The average molecular weight is 538 g/mol. The first-order chi connectivity index (χ1) is 18.8. The molecule has 2 unspecified atom stereocenters. The van der Waals surface area contributed by atoms with E-state index in [1.807, 2.05) is 11.8 Å². The van der Waals surface area contributed by atoms with E-state index >= 15 is 0 Å². The average Bonchev–Trinajstić information content (AvgIpc) is 2.94. The molecule has 0 bridgehead atoms. The smallest absolute Gasteiger partial charge is 0.0553 e. The maximum Gasteiger partial charge on any atom is 0.0553 e. The molecule has 0 saturated heterocycles. The number of fused-ring (bicyclic) bond motifs is 2. The van der Waals surface area contributed by atoms with E-state index in [-0.39, 0.29) is 0 Å². The molecule has 4 aromatic carbocycles. The summed E-state index contributed by atoms with van der Waals surface area (Å²) >= 11 is 1.87. The first-order valence-electron chi connectivity index (χ1n) is 13.9. The monoisotopic (exact) mass is 537 g/mol. The Bertz CT molecular complexity index is 1260. The molecule has 0 radical (unpaired) electrons. The molecule has 39 heavy (non-hydrogen) atoms. The Kier molecular flexibility index (Phi) is 10.3. The van der Waals surface area contributed by atoms with Crippen LogP contribution in [0.5, 0.6) is 0 Å². The second-order valence-electron chi connectivity index (χ2n) is 10.9. The van der Waals surface area contributed by atoms with E-state index in [4.69, 9.17) is 0 Å². The molecule has 0 spiro atoms. The summed E-state index contributed by atoms with van der Waals surface area (Å²) in [6, 6.07) is 37.6. The Morgan fingerprint density at radius 2 is 1.18 bits per heavy atom. The molecule has 0 aromatic heterocycles. The van der Waals surface area contributed by atoms with Gasteiger partial charge in [-0.25, -0.2) is 0 Å². The van der Waals surface area contributed by atoms with Crippen molar-refractivity contribution in [2.75, 3.05) is 46.2 Å². The molecule has 204 valence electrons. The lowest BCUT2D eigenvalue weighted by atomic mass is 9.88. The zero-order valence-electron chi connectivity index (χ0n) is 24.3. The largest absolute Gasteiger partial charge is 0.338 e. The van der Waals surface area contributed by atoms with Crippen molar-refractivity contribution < 1.29 is 0 Å². The van der Waals surface area contributed by atoms with E-state index in [2.05, 4.69) is 160 Å². The fourth-order valence-electron chi connectivity index (χ4n) is 4.80. The zero-order valence-corrected chi connectivity index (χ0v) is 25.2. The first kappa shape index (κ1) is 28.9. The van der Waals surface area contributed by atoms with Crippen molar-refractivity contribution in [1.29, 1.82) is 0 Å². The van der Waals surface area contributed by atoms with Crippen LogP contribution in [-0.2, 0) is 0 Å². The number of anilines is 2. The van der Waals surface area contributed by atoms with Crippen LogP contribution in [0.2, 0.25) is 0 Å². The van der Waals surface area contributed by atoms with E-state index in [1.165, 1.54) is 37.9 Å². The second-order valence-corrected chi connectivity index (χ2v) is 12.0. The predicted octanol–water partition coefficient (Wildman–Crippen LogP) is 8.32. The van der Waals surface area contributed by atoms with Gasteiger partial charge in [-0.2, -0.15) is 0 Å². The Morgan fingerprint density at radius 3 is 1.72 bits per heavy atom. The number of benzene rings is 4. The second kappa shape index (κ2) is 13.8. The van der Waals surface area contributed by atoms with Gasteiger partial charge in [-0.3, -0.25) is 0 Å². The van der Waals surface area contributed by atoms with Gasteiger partial charge in [0.25, 0.3) is 0 Å². The third-order valence-electron chi connectivity index (χ3n) is 7.41. The van der Waals surface area contributed by atoms with Crippen LogP contribution in [0.3, 0.4) is 0 Å². The highest BCUT2D eigenvalue weighted by molar-refractivity contribution is 7.99. The summed E-state index contributed by atoms with van der Waals surface area (Å²) in [6.07, 6.45) is 1.15. The minimum Gasteiger partial charge on any atom is -0.338 e. The quantitative estimate of drug-likeness (QED) is 0.223. The Labute approximate surface area is 240 Å². The molecule has 4 aromatic rings. The summed E-state index contributed by atoms with van der Waals surface area (Å²) in [7, 11) is 8.55. The number of hydrogen-bond acceptors (Lipinski definition) is 4. The number of rotatable bonds is 8. The van der Waals surface area contributed by atoms with Gasteiger partial charge < -0.3 is 14.7 Å². The number of nitrogens with zero attached hydrogens (tertiary/aromatic N) is 3. The molecule has 2 atom stereocenters. The van der Waals surface area contributed by atoms with Gasteiger partial charge in [-0.05, 0) is 90.4 Å². The molecule has 0 fully saturated rings. The summed E-state index contributed by atoms with van der Waals surface area (Å²) in [5.41, 5.74) is 6.80. The lowest BCUT2D eigenvalue weighted by Crippen LogP contribution is -2.37.